The number of fused-ring (bicyclic) bond motifs is 2. The number of hydrogen-bond acceptors (Lipinski definition) is 10. The zero-order chi connectivity index (χ0) is 41.5. The van der Waals surface area contributed by atoms with Crippen molar-refractivity contribution in [1.29, 1.82) is 0 Å². The fraction of sp³-hybridized carbons (Fsp3) is 0.489. The molecule has 2 aromatic carbocycles. The number of hydrogen-bond donors (Lipinski definition) is 3. The zero-order valence-corrected chi connectivity index (χ0v) is 34.5. The molecule has 0 bridgehead atoms. The number of imide groups is 2. The number of aromatic nitrogens is 4. The summed E-state index contributed by atoms with van der Waals surface area (Å²) in [6, 6.07) is 14.9. The molecule has 3 fully saturated rings. The third kappa shape index (κ3) is 8.12. The highest BCUT2D eigenvalue weighted by Crippen LogP contribution is 2.36. The third-order valence-corrected chi connectivity index (χ3v) is 13.3. The highest BCUT2D eigenvalue weighted by atomic mass is 16.2. The molecule has 9 rings (SSSR count). The summed E-state index contributed by atoms with van der Waals surface area (Å²) in [6.07, 6.45) is 9.63. The Morgan fingerprint density at radius 3 is 2.42 bits per heavy atom. The minimum atomic E-state index is -0.965. The van der Waals surface area contributed by atoms with Crippen molar-refractivity contribution in [1.82, 2.24) is 40.0 Å². The first-order valence-corrected chi connectivity index (χ1v) is 21.5. The van der Waals surface area contributed by atoms with Gasteiger partial charge in [0.1, 0.15) is 6.04 Å². The summed E-state index contributed by atoms with van der Waals surface area (Å²) in [5.74, 6) is -1.56. The molecular weight excluding hydrogens is 761 g/mol. The van der Waals surface area contributed by atoms with Crippen molar-refractivity contribution in [3.05, 3.63) is 94.6 Å². The topological polar surface area (TPSA) is 169 Å². The molecule has 2 atom stereocenters. The third-order valence-electron chi connectivity index (χ3n) is 13.3. The zero-order valence-electron chi connectivity index (χ0n) is 34.5. The Labute approximate surface area is 349 Å². The average molecular weight is 815 g/mol. The summed E-state index contributed by atoms with van der Waals surface area (Å²) in [6.45, 7) is 12.3. The number of amides is 5. The molecule has 60 heavy (non-hydrogen) atoms. The molecule has 3 N–H and O–H groups in total. The van der Waals surface area contributed by atoms with E-state index in [0.29, 0.717) is 28.4 Å². The lowest BCUT2D eigenvalue weighted by Crippen LogP contribution is -2.54. The van der Waals surface area contributed by atoms with Gasteiger partial charge < -0.3 is 20.0 Å². The van der Waals surface area contributed by atoms with Gasteiger partial charge in [-0.1, -0.05) is 44.2 Å². The second-order valence-electron chi connectivity index (χ2n) is 18.0. The molecule has 15 nitrogen and oxygen atoms in total. The molecule has 0 spiro atoms. The summed E-state index contributed by atoms with van der Waals surface area (Å²) in [5, 5.41) is 17.6. The van der Waals surface area contributed by atoms with E-state index in [1.54, 1.807) is 18.3 Å². The van der Waals surface area contributed by atoms with E-state index >= 15 is 0 Å². The van der Waals surface area contributed by atoms with E-state index in [2.05, 4.69) is 73.6 Å². The van der Waals surface area contributed by atoms with Gasteiger partial charge in [0.15, 0.2) is 5.69 Å². The Hall–Kier alpha value is -5.67. The van der Waals surface area contributed by atoms with Gasteiger partial charge in [0.05, 0.1) is 29.1 Å². The number of carbonyl (C=O) groups is 5. The minimum Gasteiger partial charge on any atom is -0.371 e. The molecule has 1 aliphatic carbocycles. The number of H-pyrrole nitrogens is 1. The van der Waals surface area contributed by atoms with E-state index in [-0.39, 0.29) is 36.1 Å². The van der Waals surface area contributed by atoms with Gasteiger partial charge >= 0.3 is 0 Å². The van der Waals surface area contributed by atoms with Gasteiger partial charge in [0.2, 0.25) is 11.8 Å². The van der Waals surface area contributed by atoms with Crippen molar-refractivity contribution in [3.8, 4) is 0 Å². The van der Waals surface area contributed by atoms with E-state index < -0.39 is 23.8 Å². The molecule has 314 valence electrons. The SMILES string of the molecule is CC1(C)CCc2c(C(=O)Nc3cnn([C@@H](CCN4CCN(CC5CCN(c6ccc7c(c6)C(=O)N(C6CCC(=O)NC6=O)C7=O)CC5)CC4)c4ccccc4)c3)n[nH]c2C1. The highest BCUT2D eigenvalue weighted by molar-refractivity contribution is 6.23. The van der Waals surface area contributed by atoms with Crippen molar-refractivity contribution in [2.45, 2.75) is 77.3 Å². The quantitative estimate of drug-likeness (QED) is 0.186. The van der Waals surface area contributed by atoms with Crippen LogP contribution < -0.4 is 15.5 Å². The molecule has 4 aromatic rings. The number of nitrogens with zero attached hydrogens (tertiary/aromatic N) is 7. The van der Waals surface area contributed by atoms with Crippen LogP contribution >= 0.6 is 0 Å². The highest BCUT2D eigenvalue weighted by Gasteiger charge is 2.45. The Bertz CT molecular complexity index is 2280. The smallest absolute Gasteiger partial charge is 0.276 e. The van der Waals surface area contributed by atoms with Crippen molar-refractivity contribution in [2.75, 3.05) is 62.6 Å². The first-order chi connectivity index (χ1) is 29.0. The fourth-order valence-corrected chi connectivity index (χ4v) is 9.82. The molecule has 0 radical (unpaired) electrons. The number of piperazine rings is 1. The van der Waals surface area contributed by atoms with Crippen LogP contribution in [-0.4, -0.2) is 123 Å². The summed E-state index contributed by atoms with van der Waals surface area (Å²) >= 11 is 0. The van der Waals surface area contributed by atoms with Gasteiger partial charge in [-0.2, -0.15) is 10.2 Å². The van der Waals surface area contributed by atoms with E-state index in [9.17, 15) is 24.0 Å². The van der Waals surface area contributed by atoms with Crippen LogP contribution in [0.15, 0.2) is 60.9 Å². The van der Waals surface area contributed by atoms with E-state index in [1.807, 2.05) is 23.0 Å². The van der Waals surface area contributed by atoms with Gasteiger partial charge in [0, 0.05) is 81.9 Å². The average Bonchev–Trinajstić information content (AvgIpc) is 3.95. The lowest BCUT2D eigenvalue weighted by atomic mass is 9.76. The summed E-state index contributed by atoms with van der Waals surface area (Å²) in [7, 11) is 0. The monoisotopic (exact) mass is 814 g/mol. The lowest BCUT2D eigenvalue weighted by Gasteiger charge is -2.39. The molecular formula is C45H54N10O5. The summed E-state index contributed by atoms with van der Waals surface area (Å²) in [4.78, 5) is 72.5. The van der Waals surface area contributed by atoms with E-state index in [1.165, 1.54) is 5.56 Å². The Morgan fingerprint density at radius 1 is 0.900 bits per heavy atom. The largest absolute Gasteiger partial charge is 0.371 e. The summed E-state index contributed by atoms with van der Waals surface area (Å²) < 4.78 is 1.98. The van der Waals surface area contributed by atoms with Gasteiger partial charge in [0.25, 0.3) is 17.7 Å². The van der Waals surface area contributed by atoms with Gasteiger partial charge in [-0.3, -0.25) is 44.0 Å². The maximum absolute atomic E-state index is 13.4. The van der Waals surface area contributed by atoms with Crippen molar-refractivity contribution >= 4 is 40.9 Å². The molecule has 4 aliphatic heterocycles. The van der Waals surface area contributed by atoms with E-state index in [0.717, 1.165) is 113 Å². The molecule has 5 aliphatic rings. The Balaban J connectivity index is 0.749. The lowest BCUT2D eigenvalue weighted by molar-refractivity contribution is -0.136. The first kappa shape index (κ1) is 39.8. The second kappa shape index (κ2) is 16.4. The van der Waals surface area contributed by atoms with Crippen LogP contribution in [0.4, 0.5) is 11.4 Å². The van der Waals surface area contributed by atoms with Crippen LogP contribution in [0, 0.1) is 11.3 Å². The molecule has 15 heteroatoms. The maximum atomic E-state index is 13.4. The normalized spacial score (nSPS) is 21.8. The number of benzene rings is 2. The maximum Gasteiger partial charge on any atom is 0.276 e. The fourth-order valence-electron chi connectivity index (χ4n) is 9.82. The van der Waals surface area contributed by atoms with Crippen LogP contribution in [0.2, 0.25) is 0 Å². The van der Waals surface area contributed by atoms with Crippen LogP contribution in [0.3, 0.4) is 0 Å². The van der Waals surface area contributed by atoms with Crippen LogP contribution in [-0.2, 0) is 22.4 Å². The predicted octanol–water partition coefficient (Wildman–Crippen LogP) is 4.29. The number of nitrogens with one attached hydrogen (secondary N) is 3. The molecule has 6 heterocycles. The van der Waals surface area contributed by atoms with Crippen LogP contribution in [0.25, 0.3) is 0 Å². The van der Waals surface area contributed by atoms with Crippen LogP contribution in [0.5, 0.6) is 0 Å². The number of carbonyl (C=O) groups excluding carboxylic acids is 5. The van der Waals surface area contributed by atoms with Gasteiger partial charge in [-0.25, -0.2) is 0 Å². The standard InChI is InChI=1S/C45H54N10O5/c1-45(2)16-12-34-36(25-45)49-50-40(34)42(58)47-31-26-46-54(28-31)37(30-6-4-3-5-7-30)15-17-51-20-22-52(23-21-51)27-29-13-18-53(19-14-29)32-8-9-33-35(24-32)44(60)55(43(33)59)38-10-11-39(56)48-41(38)57/h3-9,24,26,28-29,37-38H,10-23,25,27H2,1-2H3,(H,47,58)(H,49,50)(H,48,56,57)/t37-,38?/m0/s1. The Kier molecular flexibility index (Phi) is 10.9. The number of anilines is 2. The second-order valence-corrected chi connectivity index (χ2v) is 18.0. The molecule has 5 amide bonds. The molecule has 2 aromatic heterocycles. The van der Waals surface area contributed by atoms with E-state index in [4.69, 9.17) is 5.10 Å². The minimum absolute atomic E-state index is 0.0222. The molecule has 0 saturated carbocycles. The predicted molar refractivity (Wildman–Crippen MR) is 225 cm³/mol. The Morgan fingerprint density at radius 2 is 1.65 bits per heavy atom. The van der Waals surface area contributed by atoms with Crippen molar-refractivity contribution in [2.24, 2.45) is 11.3 Å². The number of aromatic amines is 1. The number of piperidine rings is 2. The molecule has 3 saturated heterocycles. The van der Waals surface area contributed by atoms with Gasteiger partial charge in [-0.15, -0.1) is 0 Å². The molecule has 1 unspecified atom stereocenters. The van der Waals surface area contributed by atoms with Gasteiger partial charge in [-0.05, 0) is 80.0 Å². The van der Waals surface area contributed by atoms with Crippen LogP contribution in [0.1, 0.15) is 106 Å². The summed E-state index contributed by atoms with van der Waals surface area (Å²) in [5.41, 5.74) is 6.16. The number of rotatable bonds is 11. The van der Waals surface area contributed by atoms with Crippen molar-refractivity contribution in [3.63, 3.8) is 0 Å². The van der Waals surface area contributed by atoms with Crippen molar-refractivity contribution < 1.29 is 24.0 Å². The first-order valence-electron chi connectivity index (χ1n) is 21.5.